The van der Waals surface area contributed by atoms with Crippen LogP contribution in [0, 0.1) is 9.93 Å². The van der Waals surface area contributed by atoms with Crippen molar-refractivity contribution < 1.29 is 19.5 Å². The molecule has 0 aliphatic rings. The van der Waals surface area contributed by atoms with Gasteiger partial charge in [-0.05, 0) is 0 Å². The molecule has 0 aromatic rings. The zero-order valence-electron chi connectivity index (χ0n) is 2.02. The average Bonchev–Trinajstić information content (AvgIpc) is 1.00. The molecule has 4 heteroatoms. The SMILES string of the molecule is O=O.[Sn].[Zn]. The van der Waals surface area contributed by atoms with E-state index in [-0.39, 0.29) is 43.4 Å². The van der Waals surface area contributed by atoms with Gasteiger partial charge in [0.1, 0.15) is 0 Å². The van der Waals surface area contributed by atoms with E-state index in [9.17, 15) is 0 Å². The largest absolute Gasteiger partial charge is 0 e. The molecule has 4 radical (unpaired) electrons. The van der Waals surface area contributed by atoms with Gasteiger partial charge in [0.05, 0.1) is 0 Å². The zero-order valence-corrected chi connectivity index (χ0v) is 7.84. The molecule has 0 atom stereocenters. The van der Waals surface area contributed by atoms with Crippen LogP contribution in [0.15, 0.2) is 0 Å². The molecule has 0 aliphatic heterocycles. The van der Waals surface area contributed by atoms with Gasteiger partial charge in [-0.3, -0.25) is 0 Å². The summed E-state index contributed by atoms with van der Waals surface area (Å²) in [6.07, 6.45) is 0. The molecule has 0 spiro atoms. The van der Waals surface area contributed by atoms with Gasteiger partial charge in [-0.15, -0.1) is 0 Å². The van der Waals surface area contributed by atoms with Gasteiger partial charge in [-0.2, -0.15) is 0 Å². The van der Waals surface area contributed by atoms with Gasteiger partial charge in [0.15, 0.2) is 0 Å². The molecule has 18 valence electrons. The molecule has 0 aromatic carbocycles. The fourth-order valence-corrected chi connectivity index (χ4v) is 0. The molecule has 0 rings (SSSR count). The second-order valence-corrected chi connectivity index (χ2v) is 0. The second-order valence-electron chi connectivity index (χ2n) is 0. The van der Waals surface area contributed by atoms with Crippen LogP contribution in [-0.2, 0) is 19.5 Å². The third kappa shape index (κ3) is 11.8. The van der Waals surface area contributed by atoms with Crippen LogP contribution in [0.1, 0.15) is 0 Å². The van der Waals surface area contributed by atoms with Crippen LogP contribution < -0.4 is 0 Å². The number of rotatable bonds is 0. The molecule has 0 heterocycles. The minimum atomic E-state index is 0. The first-order chi connectivity index (χ1) is 1.00. The summed E-state index contributed by atoms with van der Waals surface area (Å²) in [5, 5.41) is 0. The summed E-state index contributed by atoms with van der Waals surface area (Å²) in [6.45, 7) is 0. The van der Waals surface area contributed by atoms with Crippen LogP contribution >= 0.6 is 0 Å². The topological polar surface area (TPSA) is 34.1 Å². The number of hydrogen-bond acceptors (Lipinski definition) is 2. The van der Waals surface area contributed by atoms with Crippen LogP contribution in [0.3, 0.4) is 0 Å². The average molecular weight is 216 g/mol. The van der Waals surface area contributed by atoms with E-state index in [2.05, 4.69) is 0 Å². The van der Waals surface area contributed by atoms with Gasteiger partial charge < -0.3 is 0 Å². The van der Waals surface area contributed by atoms with E-state index in [0.717, 1.165) is 0 Å². The molecule has 0 amide bonds. The molecule has 0 bridgehead atoms. The van der Waals surface area contributed by atoms with Crippen molar-refractivity contribution in [2.24, 2.45) is 0 Å². The molecule has 0 fully saturated rings. The van der Waals surface area contributed by atoms with E-state index in [1.807, 2.05) is 0 Å². The molecule has 2 nitrogen and oxygen atoms in total. The monoisotopic (exact) mass is 216 g/mol. The van der Waals surface area contributed by atoms with Crippen molar-refractivity contribution in [1.29, 1.82) is 0 Å². The molecule has 0 aromatic heterocycles. The Hall–Kier alpha value is 1.02. The maximum atomic E-state index is 7.00. The van der Waals surface area contributed by atoms with Gasteiger partial charge in [-0.1, -0.05) is 0 Å². The fourth-order valence-electron chi connectivity index (χ4n) is 0. The Morgan fingerprint density at radius 3 is 1.00 bits per heavy atom. The summed E-state index contributed by atoms with van der Waals surface area (Å²) in [7, 11) is 0. The Morgan fingerprint density at radius 2 is 1.00 bits per heavy atom. The molecule has 0 saturated carbocycles. The molecule has 4 heavy (non-hydrogen) atoms. The van der Waals surface area contributed by atoms with Crippen LogP contribution in [0.5, 0.6) is 0 Å². The molecule has 0 aliphatic carbocycles. The van der Waals surface area contributed by atoms with Crippen molar-refractivity contribution in [3.05, 3.63) is 9.93 Å². The van der Waals surface area contributed by atoms with Crippen molar-refractivity contribution in [2.75, 3.05) is 0 Å². The third-order valence-corrected chi connectivity index (χ3v) is 0. The quantitative estimate of drug-likeness (QED) is 0.520. The predicted octanol–water partition coefficient (Wildman–Crippen LogP) is -0.316. The fraction of sp³-hybridized carbons (Fsp3) is 0. The first kappa shape index (κ1) is 19.9. The third-order valence-electron chi connectivity index (χ3n) is 0. The van der Waals surface area contributed by atoms with Crippen molar-refractivity contribution in [1.82, 2.24) is 0 Å². The van der Waals surface area contributed by atoms with Crippen molar-refractivity contribution >= 4 is 23.9 Å². The maximum Gasteiger partial charge on any atom is 0 e. The Bertz CT molecular complexity index is 6.00. The molecular weight excluding hydrogens is 216 g/mol. The molecular formula is O2SnZn. The minimum Gasteiger partial charge on any atom is 0 e. The molecule has 0 N–H and O–H groups in total. The van der Waals surface area contributed by atoms with E-state index >= 15 is 0 Å². The predicted molar refractivity (Wildman–Crippen MR) is 12.5 cm³/mol. The summed E-state index contributed by atoms with van der Waals surface area (Å²) in [5.74, 6) is 0. The summed E-state index contributed by atoms with van der Waals surface area (Å²) < 4.78 is 0. The first-order valence-corrected chi connectivity index (χ1v) is 0.167. The van der Waals surface area contributed by atoms with Gasteiger partial charge in [0.2, 0.25) is 0 Å². The smallest absolute Gasteiger partial charge is 0 e. The Kier molecular flexibility index (Phi) is 175. The van der Waals surface area contributed by atoms with Crippen molar-refractivity contribution in [3.8, 4) is 0 Å². The van der Waals surface area contributed by atoms with E-state index in [1.54, 1.807) is 0 Å². The van der Waals surface area contributed by atoms with Crippen LogP contribution in [0.4, 0.5) is 0 Å². The number of hydrogen-bond donors (Lipinski definition) is 0. The minimum absolute atomic E-state index is 0. The van der Waals surface area contributed by atoms with Crippen LogP contribution in [0.2, 0.25) is 0 Å². The summed E-state index contributed by atoms with van der Waals surface area (Å²) in [6, 6.07) is 0. The van der Waals surface area contributed by atoms with E-state index < -0.39 is 0 Å². The van der Waals surface area contributed by atoms with E-state index in [4.69, 9.17) is 9.93 Å². The van der Waals surface area contributed by atoms with Gasteiger partial charge >= 0.3 is 0 Å². The van der Waals surface area contributed by atoms with Gasteiger partial charge in [-0.25, -0.2) is 0 Å². The van der Waals surface area contributed by atoms with Gasteiger partial charge in [0.25, 0.3) is 0 Å². The molecule has 0 saturated heterocycles. The van der Waals surface area contributed by atoms with Crippen LogP contribution in [-0.4, -0.2) is 23.9 Å². The summed E-state index contributed by atoms with van der Waals surface area (Å²) in [5.41, 5.74) is 0. The first-order valence-electron chi connectivity index (χ1n) is 0.167. The summed E-state index contributed by atoms with van der Waals surface area (Å²) in [4.78, 5) is 14.0. The van der Waals surface area contributed by atoms with E-state index in [1.165, 1.54) is 0 Å². The van der Waals surface area contributed by atoms with Crippen LogP contribution in [0.25, 0.3) is 0 Å². The second kappa shape index (κ2) is 35.2. The normalized spacial score (nSPS) is 1.00. The summed E-state index contributed by atoms with van der Waals surface area (Å²) >= 11 is 0. The van der Waals surface area contributed by atoms with E-state index in [0.29, 0.717) is 0 Å². The molecule has 0 unspecified atom stereocenters. The Morgan fingerprint density at radius 1 is 1.00 bits per heavy atom. The van der Waals surface area contributed by atoms with Gasteiger partial charge in [0, 0.05) is 53.3 Å². The Balaban J connectivity index is -0.00000000500. The van der Waals surface area contributed by atoms with Crippen molar-refractivity contribution in [2.45, 2.75) is 0 Å². The standard InChI is InChI=1S/O2.Sn.Zn/c1-2;;. The maximum absolute atomic E-state index is 7.00. The zero-order chi connectivity index (χ0) is 2.00. The van der Waals surface area contributed by atoms with Crippen molar-refractivity contribution in [3.63, 3.8) is 0 Å². The Labute approximate surface area is 53.3 Å².